The minimum Gasteiger partial charge on any atom is -0.462 e. The molecule has 1 aromatic heterocycles. The van der Waals surface area contributed by atoms with Crippen LogP contribution in [0.2, 0.25) is 0 Å². The van der Waals surface area contributed by atoms with E-state index in [1.165, 1.54) is 10.9 Å². The van der Waals surface area contributed by atoms with Crippen molar-refractivity contribution in [2.45, 2.75) is 6.92 Å². The maximum absolute atomic E-state index is 14.3. The first-order chi connectivity index (χ1) is 12.0. The Morgan fingerprint density at radius 2 is 1.80 bits per heavy atom. The maximum Gasteiger partial charge on any atom is 0.342 e. The van der Waals surface area contributed by atoms with E-state index in [1.807, 2.05) is 0 Å². The molecule has 1 heterocycles. The average Bonchev–Trinajstić information content (AvgIpc) is 3.06. The van der Waals surface area contributed by atoms with Gasteiger partial charge in [0.2, 0.25) is 0 Å². The third-order valence-corrected chi connectivity index (χ3v) is 3.56. The number of carbonyl (C=O) groups is 1. The van der Waals surface area contributed by atoms with Crippen LogP contribution in [0.1, 0.15) is 17.3 Å². The largest absolute Gasteiger partial charge is 0.462 e. The number of benzene rings is 2. The molecule has 0 aliphatic heterocycles. The number of carbonyl (C=O) groups excluding carboxylic acids is 1. The average molecular weight is 346 g/mol. The number of hydrogen-bond acceptors (Lipinski definition) is 3. The van der Waals surface area contributed by atoms with Crippen LogP contribution in [-0.2, 0) is 4.74 Å². The van der Waals surface area contributed by atoms with Crippen molar-refractivity contribution in [1.82, 2.24) is 9.78 Å². The van der Waals surface area contributed by atoms with Gasteiger partial charge in [0, 0.05) is 5.56 Å². The van der Waals surface area contributed by atoms with E-state index in [-0.39, 0.29) is 23.4 Å². The highest BCUT2D eigenvalue weighted by molar-refractivity contribution is 5.96. The number of aromatic nitrogens is 2. The van der Waals surface area contributed by atoms with Gasteiger partial charge in [-0.25, -0.2) is 22.6 Å². The quantitative estimate of drug-likeness (QED) is 0.527. The molecule has 0 saturated carbocycles. The first kappa shape index (κ1) is 16.8. The summed E-state index contributed by atoms with van der Waals surface area (Å²) in [5, 5.41) is 4.09. The van der Waals surface area contributed by atoms with Crippen LogP contribution in [0.3, 0.4) is 0 Å². The number of ether oxygens (including phenoxy) is 1. The van der Waals surface area contributed by atoms with Crippen molar-refractivity contribution < 1.29 is 22.7 Å². The normalized spacial score (nSPS) is 10.7. The van der Waals surface area contributed by atoms with Gasteiger partial charge < -0.3 is 4.74 Å². The molecule has 0 N–H and O–H groups in total. The van der Waals surface area contributed by atoms with Gasteiger partial charge in [-0.1, -0.05) is 18.2 Å². The van der Waals surface area contributed by atoms with Gasteiger partial charge >= 0.3 is 5.97 Å². The van der Waals surface area contributed by atoms with Crippen molar-refractivity contribution in [3.05, 3.63) is 71.7 Å². The van der Waals surface area contributed by atoms with E-state index in [1.54, 1.807) is 37.3 Å². The third-order valence-electron chi connectivity index (χ3n) is 3.56. The molecule has 0 spiro atoms. The lowest BCUT2D eigenvalue weighted by Crippen LogP contribution is -2.08. The van der Waals surface area contributed by atoms with Crippen molar-refractivity contribution in [2.24, 2.45) is 0 Å². The fourth-order valence-corrected chi connectivity index (χ4v) is 2.44. The molecule has 3 rings (SSSR count). The minimum absolute atomic E-state index is 0.0129. The molecule has 0 amide bonds. The first-order valence-corrected chi connectivity index (χ1v) is 7.49. The molecule has 0 saturated heterocycles. The Balaban J connectivity index is 2.27. The summed E-state index contributed by atoms with van der Waals surface area (Å²) in [4.78, 5) is 12.2. The lowest BCUT2D eigenvalue weighted by atomic mass is 10.1. The van der Waals surface area contributed by atoms with Gasteiger partial charge in [-0.05, 0) is 31.2 Å². The second kappa shape index (κ2) is 6.80. The number of para-hydroxylation sites is 1. The van der Waals surface area contributed by atoms with Crippen LogP contribution >= 0.6 is 0 Å². The zero-order chi connectivity index (χ0) is 18.0. The summed E-state index contributed by atoms with van der Waals surface area (Å²) >= 11 is 0. The van der Waals surface area contributed by atoms with Crippen molar-refractivity contribution in [2.75, 3.05) is 6.61 Å². The monoisotopic (exact) mass is 346 g/mol. The van der Waals surface area contributed by atoms with Gasteiger partial charge in [-0.15, -0.1) is 0 Å². The number of hydrogen-bond donors (Lipinski definition) is 0. The predicted molar refractivity (Wildman–Crippen MR) is 84.8 cm³/mol. The zero-order valence-electron chi connectivity index (χ0n) is 13.2. The van der Waals surface area contributed by atoms with Crippen LogP contribution in [0.5, 0.6) is 0 Å². The van der Waals surface area contributed by atoms with Gasteiger partial charge in [-0.2, -0.15) is 5.10 Å². The molecule has 0 atom stereocenters. The van der Waals surface area contributed by atoms with E-state index in [2.05, 4.69) is 5.10 Å². The summed E-state index contributed by atoms with van der Waals surface area (Å²) in [6, 6.07) is 10.5. The summed E-state index contributed by atoms with van der Waals surface area (Å²) in [5.41, 5.74) is 0.178. The Bertz CT molecular complexity index is 924. The van der Waals surface area contributed by atoms with Crippen LogP contribution in [0, 0.1) is 17.5 Å². The van der Waals surface area contributed by atoms with Crippen molar-refractivity contribution in [1.29, 1.82) is 0 Å². The molecule has 7 heteroatoms. The van der Waals surface area contributed by atoms with Gasteiger partial charge in [0.15, 0.2) is 17.5 Å². The van der Waals surface area contributed by atoms with Gasteiger partial charge in [-0.3, -0.25) is 0 Å². The lowest BCUT2D eigenvalue weighted by molar-refractivity contribution is 0.0527. The third kappa shape index (κ3) is 3.00. The number of nitrogens with zero attached hydrogens (tertiary/aromatic N) is 2. The Morgan fingerprint density at radius 3 is 2.48 bits per heavy atom. The second-order valence-electron chi connectivity index (χ2n) is 5.10. The topological polar surface area (TPSA) is 44.1 Å². The van der Waals surface area contributed by atoms with E-state index in [9.17, 15) is 18.0 Å². The molecule has 128 valence electrons. The van der Waals surface area contributed by atoms with Crippen LogP contribution in [0.4, 0.5) is 13.2 Å². The number of rotatable bonds is 4. The summed E-state index contributed by atoms with van der Waals surface area (Å²) in [7, 11) is 0. The summed E-state index contributed by atoms with van der Waals surface area (Å²) in [6.45, 7) is 1.73. The highest BCUT2D eigenvalue weighted by Crippen LogP contribution is 2.31. The molecule has 0 bridgehead atoms. The molecule has 0 fully saturated rings. The molecule has 3 aromatic rings. The Kier molecular flexibility index (Phi) is 4.56. The van der Waals surface area contributed by atoms with Crippen molar-refractivity contribution in [3.8, 4) is 16.9 Å². The lowest BCUT2D eigenvalue weighted by Gasteiger charge is -2.11. The van der Waals surface area contributed by atoms with E-state index in [4.69, 9.17) is 4.74 Å². The highest BCUT2D eigenvalue weighted by atomic mass is 19.2. The standard InChI is InChI=1S/C18H13F3N2O2/c1-2-25-18(24)13-10-22-23(11-6-4-3-5-7-11)17(13)12-8-9-14(19)16(21)15(12)20/h3-10H,2H2,1H3. The number of halogens is 3. The summed E-state index contributed by atoms with van der Waals surface area (Å²) in [5.74, 6) is -5.06. The Hall–Kier alpha value is -3.09. The molecule has 2 aromatic carbocycles. The Morgan fingerprint density at radius 1 is 1.08 bits per heavy atom. The molecule has 0 radical (unpaired) electrons. The molecular formula is C18H13F3N2O2. The summed E-state index contributed by atoms with van der Waals surface area (Å²) in [6.07, 6.45) is 1.21. The van der Waals surface area contributed by atoms with Crippen LogP contribution < -0.4 is 0 Å². The van der Waals surface area contributed by atoms with Crippen LogP contribution in [0.25, 0.3) is 16.9 Å². The highest BCUT2D eigenvalue weighted by Gasteiger charge is 2.25. The molecule has 0 unspecified atom stereocenters. The predicted octanol–water partition coefficient (Wildman–Crippen LogP) is 4.13. The second-order valence-corrected chi connectivity index (χ2v) is 5.10. The molecule has 0 aliphatic carbocycles. The van der Waals surface area contributed by atoms with Gasteiger partial charge in [0.05, 0.1) is 24.2 Å². The van der Waals surface area contributed by atoms with Crippen molar-refractivity contribution >= 4 is 5.97 Å². The van der Waals surface area contributed by atoms with Gasteiger partial charge in [0.1, 0.15) is 5.56 Å². The fourth-order valence-electron chi connectivity index (χ4n) is 2.44. The van der Waals surface area contributed by atoms with E-state index in [0.29, 0.717) is 5.69 Å². The summed E-state index contributed by atoms with van der Waals surface area (Å²) < 4.78 is 47.6. The maximum atomic E-state index is 14.3. The molecule has 25 heavy (non-hydrogen) atoms. The molecule has 0 aliphatic rings. The van der Waals surface area contributed by atoms with Crippen molar-refractivity contribution in [3.63, 3.8) is 0 Å². The molecular weight excluding hydrogens is 333 g/mol. The Labute approximate surface area is 141 Å². The number of esters is 1. The minimum atomic E-state index is -1.62. The smallest absolute Gasteiger partial charge is 0.342 e. The SMILES string of the molecule is CCOC(=O)c1cnn(-c2ccccc2)c1-c1ccc(F)c(F)c1F. The van der Waals surface area contributed by atoms with E-state index >= 15 is 0 Å². The van der Waals surface area contributed by atoms with Gasteiger partial charge in [0.25, 0.3) is 0 Å². The fraction of sp³-hybridized carbons (Fsp3) is 0.111. The molecule has 4 nitrogen and oxygen atoms in total. The van der Waals surface area contributed by atoms with E-state index in [0.717, 1.165) is 12.1 Å². The van der Waals surface area contributed by atoms with E-state index < -0.39 is 23.4 Å². The first-order valence-electron chi connectivity index (χ1n) is 7.49. The van der Waals surface area contributed by atoms with Crippen LogP contribution in [-0.4, -0.2) is 22.4 Å². The van der Waals surface area contributed by atoms with Crippen LogP contribution in [0.15, 0.2) is 48.7 Å². The zero-order valence-corrected chi connectivity index (χ0v) is 13.2.